The Bertz CT molecular complexity index is 71.0. The molecule has 0 saturated carbocycles. The van der Waals surface area contributed by atoms with Crippen LogP contribution >= 0.6 is 64.0 Å². The number of alkyl halides is 2. The Labute approximate surface area is 79.9 Å². The van der Waals surface area contributed by atoms with Gasteiger partial charge in [0.2, 0.25) is 0 Å². The minimum absolute atomic E-state index is 1.22. The van der Waals surface area contributed by atoms with Crippen molar-refractivity contribution in [3.05, 3.63) is 0 Å². The van der Waals surface area contributed by atoms with E-state index in [-0.39, 0.29) is 0 Å². The normalized spacial score (nSPS) is 30.2. The zero-order valence-electron chi connectivity index (χ0n) is 3.87. The van der Waals surface area contributed by atoms with Crippen molar-refractivity contribution in [3.8, 4) is 0 Å². The van der Waals surface area contributed by atoms with E-state index in [0.717, 1.165) is 0 Å². The van der Waals surface area contributed by atoms with Gasteiger partial charge in [-0.2, -0.15) is 3.89 Å². The van der Waals surface area contributed by atoms with Crippen molar-refractivity contribution in [1.82, 2.24) is 0 Å². The minimum atomic E-state index is -2.69. The van der Waals surface area contributed by atoms with Crippen molar-refractivity contribution in [2.75, 3.05) is 6.26 Å². The topological polar surface area (TPSA) is 0 Å². The zero-order valence-corrected chi connectivity index (χ0v) is 9.89. The Balaban J connectivity index is 4.02. The highest BCUT2D eigenvalue weighted by molar-refractivity contribution is 14.2. The molecule has 2 atom stereocenters. The molecule has 0 bridgehead atoms. The molecule has 0 aliphatic carbocycles. The summed E-state index contributed by atoms with van der Waals surface area (Å²) < 4.78 is 22.9. The lowest BCUT2D eigenvalue weighted by molar-refractivity contribution is 0.541. The Morgan fingerprint density at radius 3 is 1.88 bits per heavy atom. The Hall–Kier alpha value is 2.02. The molecule has 0 aliphatic heterocycles. The van der Waals surface area contributed by atoms with E-state index in [9.17, 15) is 8.28 Å². The standard InChI is InChI=1S/C2H4F2I2S2/c1-8(4,6)2(3,5)7/h7H,1H3. The monoisotopic (exact) mass is 384 g/mol. The third-order valence-corrected chi connectivity index (χ3v) is 10.2. The lowest BCUT2D eigenvalue weighted by Crippen LogP contribution is -2.04. The first-order chi connectivity index (χ1) is 3.25. The number of hydrogen-bond acceptors (Lipinski definition) is 1. The summed E-state index contributed by atoms with van der Waals surface area (Å²) in [5.74, 6) is 0. The highest BCUT2D eigenvalue weighted by Gasteiger charge is 2.37. The third-order valence-electron chi connectivity index (χ3n) is 0.431. The van der Waals surface area contributed by atoms with Gasteiger partial charge in [-0.15, -0.1) is 12.6 Å². The fourth-order valence-electron chi connectivity index (χ4n) is 0. The lowest BCUT2D eigenvalue weighted by Gasteiger charge is -2.25. The Morgan fingerprint density at radius 2 is 1.88 bits per heavy atom. The average Bonchev–Trinajstić information content (AvgIpc) is 1.25. The van der Waals surface area contributed by atoms with Gasteiger partial charge in [0.05, 0.1) is 0 Å². The molecule has 0 aromatic carbocycles. The highest BCUT2D eigenvalue weighted by Crippen LogP contribution is 2.70. The van der Waals surface area contributed by atoms with Crippen LogP contribution in [0.3, 0.4) is 0 Å². The van der Waals surface area contributed by atoms with Gasteiger partial charge in [-0.05, 0) is 22.6 Å². The summed E-state index contributed by atoms with van der Waals surface area (Å²) in [6.07, 6.45) is 1.22. The Kier molecular flexibility index (Phi) is 3.70. The fraction of sp³-hybridized carbons (Fsp3) is 1.00. The summed E-state index contributed by atoms with van der Waals surface area (Å²) in [5.41, 5.74) is 0. The van der Waals surface area contributed by atoms with E-state index in [1.54, 1.807) is 0 Å². The molecular formula is C2H4F2I2S2. The zero-order chi connectivity index (χ0) is 7.00. The first-order valence-corrected chi connectivity index (χ1v) is 7.53. The molecule has 0 aliphatic rings. The van der Waals surface area contributed by atoms with Gasteiger partial charge >= 0.3 is 0 Å². The van der Waals surface area contributed by atoms with E-state index in [2.05, 4.69) is 12.6 Å². The van der Waals surface area contributed by atoms with Crippen LogP contribution in [0.5, 0.6) is 0 Å². The van der Waals surface area contributed by atoms with E-state index in [1.165, 1.54) is 50.1 Å². The smallest absolute Gasteiger partial charge is 0.207 e. The van der Waals surface area contributed by atoms with Gasteiger partial charge in [0.15, 0.2) is 0 Å². The van der Waals surface area contributed by atoms with E-state index in [4.69, 9.17) is 0 Å². The van der Waals surface area contributed by atoms with E-state index >= 15 is 0 Å². The molecule has 0 aromatic rings. The minimum Gasteiger partial charge on any atom is -0.207 e. The van der Waals surface area contributed by atoms with E-state index < -0.39 is 9.92 Å². The van der Waals surface area contributed by atoms with Crippen molar-refractivity contribution in [1.29, 1.82) is 0 Å². The van der Waals surface area contributed by atoms with Crippen LogP contribution in [-0.4, -0.2) is 8.60 Å². The van der Waals surface area contributed by atoms with Crippen molar-refractivity contribution in [2.45, 2.75) is 2.34 Å². The molecule has 0 saturated heterocycles. The van der Waals surface area contributed by atoms with Crippen LogP contribution < -0.4 is 0 Å². The molecule has 0 fully saturated rings. The summed E-state index contributed by atoms with van der Waals surface area (Å²) in [6.45, 7) is 0. The van der Waals surface area contributed by atoms with Crippen LogP contribution in [0.15, 0.2) is 0 Å². The first-order valence-electron chi connectivity index (χ1n) is 1.52. The fourth-order valence-corrected chi connectivity index (χ4v) is 0. The average molecular weight is 384 g/mol. The molecule has 0 rings (SSSR count). The molecule has 2 unspecified atom stereocenters. The number of rotatable bonds is 1. The second kappa shape index (κ2) is 2.95. The lowest BCUT2D eigenvalue weighted by atomic mass is 11.8. The molecule has 0 radical (unpaired) electrons. The van der Waals surface area contributed by atoms with Gasteiger partial charge in [-0.25, -0.2) is 4.39 Å². The van der Waals surface area contributed by atoms with Crippen molar-refractivity contribution in [2.24, 2.45) is 0 Å². The number of hydrogen-bond donors (Lipinski definition) is 1. The maximum atomic E-state index is 12.5. The van der Waals surface area contributed by atoms with Crippen molar-refractivity contribution in [3.63, 3.8) is 0 Å². The predicted molar refractivity (Wildman–Crippen MR) is 55.5 cm³/mol. The summed E-state index contributed by atoms with van der Waals surface area (Å²) in [7, 11) is -2.69. The van der Waals surface area contributed by atoms with Crippen molar-refractivity contribution >= 4 is 64.0 Å². The van der Waals surface area contributed by atoms with Gasteiger partial charge in [0.25, 0.3) is 2.34 Å². The second-order valence-electron chi connectivity index (χ2n) is 1.21. The van der Waals surface area contributed by atoms with Crippen LogP contribution in [-0.2, 0) is 0 Å². The molecule has 0 heterocycles. The van der Waals surface area contributed by atoms with Crippen LogP contribution in [0.1, 0.15) is 0 Å². The van der Waals surface area contributed by atoms with E-state index in [0.29, 0.717) is 0 Å². The van der Waals surface area contributed by atoms with E-state index in [1.807, 2.05) is 0 Å². The number of halogens is 4. The summed E-state index contributed by atoms with van der Waals surface area (Å²) in [6, 6.07) is 0. The van der Waals surface area contributed by atoms with Crippen LogP contribution in [0.2, 0.25) is 0 Å². The molecule has 0 aromatic heterocycles. The number of thiol groups is 1. The van der Waals surface area contributed by atoms with Gasteiger partial charge in [0.1, 0.15) is 0 Å². The molecule has 0 spiro atoms. The molecule has 0 nitrogen and oxygen atoms in total. The summed E-state index contributed by atoms with van der Waals surface area (Å²) in [5, 5.41) is 0. The maximum Gasteiger partial charge on any atom is 0.266 e. The predicted octanol–water partition coefficient (Wildman–Crippen LogP) is 3.60. The van der Waals surface area contributed by atoms with Crippen LogP contribution in [0.25, 0.3) is 0 Å². The summed E-state index contributed by atoms with van der Waals surface area (Å²) in [4.78, 5) is 0. The summed E-state index contributed by atoms with van der Waals surface area (Å²) >= 11 is 6.19. The maximum absolute atomic E-state index is 12.5. The molecule has 0 amide bonds. The van der Waals surface area contributed by atoms with Gasteiger partial charge in [-0.1, -0.05) is 0 Å². The van der Waals surface area contributed by atoms with Crippen molar-refractivity contribution < 1.29 is 8.28 Å². The Morgan fingerprint density at radius 1 is 1.75 bits per heavy atom. The van der Waals surface area contributed by atoms with Crippen LogP contribution in [0, 0.1) is 0 Å². The quantitative estimate of drug-likeness (QED) is 0.399. The molecule has 0 N–H and O–H groups in total. The second-order valence-corrected chi connectivity index (χ2v) is 12.2. The SMILES string of the molecule is CS(F)(I)C(F)(S)I. The van der Waals surface area contributed by atoms with Gasteiger partial charge in [-0.3, -0.25) is 0 Å². The first kappa shape index (κ1) is 10.0. The largest absolute Gasteiger partial charge is 0.266 e. The van der Waals surface area contributed by atoms with Crippen LogP contribution in [0.4, 0.5) is 8.28 Å². The van der Waals surface area contributed by atoms with Gasteiger partial charge in [0, 0.05) is 35.0 Å². The highest BCUT2D eigenvalue weighted by atomic mass is 127. The molecular weight excluding hydrogens is 380 g/mol. The molecule has 8 heavy (non-hydrogen) atoms. The molecule has 6 heteroatoms. The molecule has 52 valence electrons. The third kappa shape index (κ3) is 3.25. The van der Waals surface area contributed by atoms with Gasteiger partial charge < -0.3 is 0 Å².